The maximum Gasteiger partial charge on any atom is 0.407 e. The number of nitrogens with one attached hydrogen (secondary N) is 5. The fourth-order valence-corrected chi connectivity index (χ4v) is 9.33. The molecule has 1 aliphatic heterocycles. The molecule has 1 saturated heterocycles. The number of benzene rings is 2. The van der Waals surface area contributed by atoms with Crippen molar-refractivity contribution in [1.29, 1.82) is 0 Å². The zero-order chi connectivity index (χ0) is 42.8. The number of alkyl carbamates (subject to hydrolysis) is 1. The number of nitrogens with zero attached hydrogens (tertiary/aromatic N) is 4. The van der Waals surface area contributed by atoms with Gasteiger partial charge in [-0.2, -0.15) is 0 Å². The van der Waals surface area contributed by atoms with Crippen LogP contribution in [0.2, 0.25) is 0 Å². The summed E-state index contributed by atoms with van der Waals surface area (Å²) < 4.78 is 4.76. The smallest absolute Gasteiger partial charge is 0.407 e. The summed E-state index contributed by atoms with van der Waals surface area (Å²) in [5.74, 6) is 1.41. The Labute approximate surface area is 356 Å². The summed E-state index contributed by atoms with van der Waals surface area (Å²) in [6.45, 7) is 8.65. The third kappa shape index (κ3) is 8.53. The number of likely N-dealkylation sites (tertiary alicyclic amines) is 1. The van der Waals surface area contributed by atoms with Gasteiger partial charge in [-0.1, -0.05) is 82.3 Å². The number of hydrogen-bond acceptors (Lipinski definition) is 8. The molecule has 0 radical (unpaired) electrons. The normalized spacial score (nSPS) is 21.5. The average Bonchev–Trinajstić information content (AvgIpc) is 4.06. The zero-order valence-electron chi connectivity index (χ0n) is 35.4. The van der Waals surface area contributed by atoms with Crippen LogP contribution in [0.1, 0.15) is 82.6 Å². The summed E-state index contributed by atoms with van der Waals surface area (Å²) in [6, 6.07) is 18.8. The van der Waals surface area contributed by atoms with Crippen molar-refractivity contribution in [3.8, 4) is 33.6 Å². The Morgan fingerprint density at radius 1 is 0.754 bits per heavy atom. The van der Waals surface area contributed by atoms with E-state index in [9.17, 15) is 19.2 Å². The molecule has 3 aliphatic rings. The predicted octanol–water partition coefficient (Wildman–Crippen LogP) is 6.77. The van der Waals surface area contributed by atoms with E-state index < -0.39 is 18.2 Å². The minimum atomic E-state index is -0.688. The number of H-pyrrole nitrogens is 2. The van der Waals surface area contributed by atoms with Crippen LogP contribution in [-0.4, -0.2) is 79.4 Å². The van der Waals surface area contributed by atoms with Gasteiger partial charge >= 0.3 is 6.09 Å². The van der Waals surface area contributed by atoms with Gasteiger partial charge in [-0.15, -0.1) is 0 Å². The molecule has 0 bridgehead atoms. The fraction of sp³-hybridized carbons (Fsp3) is 0.426. The molecule has 14 heteroatoms. The molecular weight excluding hydrogens is 771 g/mol. The molecule has 3 aromatic heterocycles. The van der Waals surface area contributed by atoms with Gasteiger partial charge in [0.2, 0.25) is 17.7 Å². The Morgan fingerprint density at radius 3 is 1.93 bits per heavy atom. The van der Waals surface area contributed by atoms with Crippen molar-refractivity contribution >= 4 is 23.8 Å². The molecule has 7 atom stereocenters. The number of methoxy groups -OCH3 is 1. The highest BCUT2D eigenvalue weighted by molar-refractivity contribution is 5.90. The second kappa shape index (κ2) is 17.7. The van der Waals surface area contributed by atoms with Crippen LogP contribution in [-0.2, 0) is 25.7 Å². The van der Waals surface area contributed by atoms with Gasteiger partial charge in [0.25, 0.3) is 0 Å². The van der Waals surface area contributed by atoms with Gasteiger partial charge in [0, 0.05) is 31.4 Å². The van der Waals surface area contributed by atoms with Crippen LogP contribution in [0.4, 0.5) is 4.79 Å². The number of fused-ring (bicyclic) bond motifs is 1. The van der Waals surface area contributed by atoms with E-state index >= 15 is 0 Å². The highest BCUT2D eigenvalue weighted by Gasteiger charge is 2.60. The van der Waals surface area contributed by atoms with Crippen LogP contribution in [0.5, 0.6) is 0 Å². The lowest BCUT2D eigenvalue weighted by Crippen LogP contribution is -2.60. The Kier molecular flexibility index (Phi) is 12.0. The van der Waals surface area contributed by atoms with E-state index in [0.717, 1.165) is 76.5 Å². The van der Waals surface area contributed by atoms with Crippen LogP contribution in [0.15, 0.2) is 85.5 Å². The van der Waals surface area contributed by atoms with Gasteiger partial charge in [-0.25, -0.2) is 14.8 Å². The van der Waals surface area contributed by atoms with E-state index in [0.29, 0.717) is 24.9 Å². The van der Waals surface area contributed by atoms with Crippen molar-refractivity contribution in [3.63, 3.8) is 0 Å². The summed E-state index contributed by atoms with van der Waals surface area (Å²) in [5.41, 5.74) is 6.77. The van der Waals surface area contributed by atoms with Crippen LogP contribution in [0.25, 0.3) is 33.6 Å². The molecule has 61 heavy (non-hydrogen) atoms. The molecule has 4 heterocycles. The van der Waals surface area contributed by atoms with E-state index in [4.69, 9.17) is 9.72 Å². The van der Waals surface area contributed by atoms with E-state index in [-0.39, 0.29) is 47.4 Å². The average molecular weight is 826 g/mol. The minimum Gasteiger partial charge on any atom is -0.453 e. The van der Waals surface area contributed by atoms with E-state index in [2.05, 4.69) is 84.4 Å². The molecule has 8 rings (SSSR count). The standard InChI is InChI=1S/C47H55N9O5/c1-26(2)40(45(58)51-23-28-8-6-20-48-22-28)54-44(57)39-34-19-18-33(34)38(39)43-50-25-36(53-43)32-16-12-30(13-17-32)29-10-14-31(15-11-29)35-24-49-42(52-35)37-9-7-21-56(37)46(59)41(27(3)4)55-47(60)61-5/h6,8,10-17,20,22,24-27,33-34,37-41H,7,9,18-19,21,23H2,1-5H3,(H,49,52)(H,50,53)(H,51,58)(H,54,57)(H,55,60)/t33-,34?,37-,38+,39+,40-,41-/m0/s1. The van der Waals surface area contributed by atoms with E-state index in [1.807, 2.05) is 57.1 Å². The first-order valence-corrected chi connectivity index (χ1v) is 21.4. The van der Waals surface area contributed by atoms with Gasteiger partial charge in [-0.05, 0) is 83.2 Å². The molecule has 4 amide bonds. The van der Waals surface area contributed by atoms with E-state index in [1.165, 1.54) is 7.11 Å². The van der Waals surface area contributed by atoms with Crippen LogP contribution in [0.3, 0.4) is 0 Å². The SMILES string of the molecule is COC(=O)N[C@H](C(=O)N1CCC[C@H]1c1ncc(-c2ccc(-c3ccc(-c4cnc([C@H]5[C@H](C(=O)N[C@H](C(=O)NCc6cccnc6)C(C)C)C6CC[C@@H]65)[nH]4)cc3)cc2)[nH]1)C(C)C. The second-order valence-corrected chi connectivity index (χ2v) is 17.3. The largest absolute Gasteiger partial charge is 0.453 e. The third-order valence-electron chi connectivity index (χ3n) is 12.9. The van der Waals surface area contributed by atoms with Crippen molar-refractivity contribution in [2.24, 2.45) is 29.6 Å². The van der Waals surface area contributed by atoms with Gasteiger partial charge in [0.1, 0.15) is 23.7 Å². The predicted molar refractivity (Wildman–Crippen MR) is 230 cm³/mol. The van der Waals surface area contributed by atoms with Crippen LogP contribution >= 0.6 is 0 Å². The number of ether oxygens (including phenoxy) is 1. The highest BCUT2D eigenvalue weighted by Crippen LogP contribution is 2.62. The molecule has 0 spiro atoms. The number of carbonyl (C=O) groups is 4. The number of rotatable bonds is 14. The Morgan fingerprint density at radius 2 is 1.36 bits per heavy atom. The summed E-state index contributed by atoms with van der Waals surface area (Å²) in [7, 11) is 1.29. The van der Waals surface area contributed by atoms with Crippen molar-refractivity contribution in [1.82, 2.24) is 45.8 Å². The minimum absolute atomic E-state index is 0.0188. The molecule has 5 aromatic rings. The molecule has 5 N–H and O–H groups in total. The number of pyridine rings is 1. The van der Waals surface area contributed by atoms with Crippen molar-refractivity contribution in [2.75, 3.05) is 13.7 Å². The first-order chi connectivity index (χ1) is 29.5. The fourth-order valence-electron chi connectivity index (χ4n) is 9.33. The molecule has 2 aliphatic carbocycles. The Balaban J connectivity index is 0.894. The molecule has 318 valence electrons. The van der Waals surface area contributed by atoms with Crippen molar-refractivity contribution in [3.05, 3.63) is 103 Å². The van der Waals surface area contributed by atoms with E-state index in [1.54, 1.807) is 12.4 Å². The van der Waals surface area contributed by atoms with Crippen molar-refractivity contribution in [2.45, 2.75) is 84.0 Å². The first kappa shape index (κ1) is 41.4. The lowest BCUT2D eigenvalue weighted by atomic mass is 9.46. The Bertz CT molecular complexity index is 2340. The summed E-state index contributed by atoms with van der Waals surface area (Å²) in [6.07, 6.45) is 10.2. The number of amides is 4. The van der Waals surface area contributed by atoms with Crippen LogP contribution < -0.4 is 16.0 Å². The highest BCUT2D eigenvalue weighted by atomic mass is 16.5. The number of carbonyl (C=O) groups excluding carboxylic acids is 4. The number of hydrogen-bond donors (Lipinski definition) is 5. The molecule has 1 unspecified atom stereocenters. The molecule has 2 aromatic carbocycles. The topological polar surface area (TPSA) is 187 Å². The number of imidazole rings is 2. The van der Waals surface area contributed by atoms with Gasteiger partial charge < -0.3 is 35.6 Å². The maximum atomic E-state index is 13.8. The van der Waals surface area contributed by atoms with Gasteiger partial charge in [-0.3, -0.25) is 19.4 Å². The lowest BCUT2D eigenvalue weighted by molar-refractivity contribution is -0.148. The maximum absolute atomic E-state index is 13.8. The quantitative estimate of drug-likeness (QED) is 0.0812. The van der Waals surface area contributed by atoms with Crippen LogP contribution in [0, 0.1) is 29.6 Å². The van der Waals surface area contributed by atoms with Crippen molar-refractivity contribution < 1.29 is 23.9 Å². The second-order valence-electron chi connectivity index (χ2n) is 17.3. The zero-order valence-corrected chi connectivity index (χ0v) is 35.4. The van der Waals surface area contributed by atoms with Gasteiger partial charge in [0.05, 0.1) is 42.9 Å². The number of aromatic nitrogens is 5. The van der Waals surface area contributed by atoms with Gasteiger partial charge in [0.15, 0.2) is 0 Å². The molecular formula is C47H55N9O5. The first-order valence-electron chi connectivity index (χ1n) is 21.4. The summed E-state index contributed by atoms with van der Waals surface area (Å²) >= 11 is 0. The molecule has 3 fully saturated rings. The summed E-state index contributed by atoms with van der Waals surface area (Å²) in [4.78, 5) is 75.0. The lowest BCUT2D eigenvalue weighted by Gasteiger charge is -2.57. The summed E-state index contributed by atoms with van der Waals surface area (Å²) in [5, 5.41) is 8.77. The third-order valence-corrected chi connectivity index (χ3v) is 12.9. The molecule has 14 nitrogen and oxygen atoms in total. The Hall–Kier alpha value is -6.31. The molecule has 2 saturated carbocycles. The number of aromatic amines is 2. The monoisotopic (exact) mass is 825 g/mol.